The van der Waals surface area contributed by atoms with Gasteiger partial charge in [-0.05, 0) is 42.5 Å². The van der Waals surface area contributed by atoms with Gasteiger partial charge in [-0.25, -0.2) is 0 Å². The predicted molar refractivity (Wildman–Crippen MR) is 97.8 cm³/mol. The third-order valence-corrected chi connectivity index (χ3v) is 4.24. The van der Waals surface area contributed by atoms with Crippen LogP contribution in [-0.4, -0.2) is 5.11 Å². The summed E-state index contributed by atoms with van der Waals surface area (Å²) in [7, 11) is 0. The zero-order chi connectivity index (χ0) is 15.6. The van der Waals surface area contributed by atoms with Gasteiger partial charge in [0.05, 0.1) is 31.5 Å². The monoisotopic (exact) mass is 398 g/mol. The summed E-state index contributed by atoms with van der Waals surface area (Å²) in [5.41, 5.74) is 1.11. The molecule has 0 saturated heterocycles. The van der Waals surface area contributed by atoms with E-state index in [1.165, 1.54) is 6.07 Å². The highest BCUT2D eigenvalue weighted by Crippen LogP contribution is 2.32. The first kappa shape index (κ1) is 16.9. The minimum absolute atomic E-state index is 0.291. The summed E-state index contributed by atoms with van der Waals surface area (Å²) in [6.07, 6.45) is 0. The van der Waals surface area contributed by atoms with E-state index in [-0.39, 0.29) is 0 Å². The van der Waals surface area contributed by atoms with E-state index in [2.05, 4.69) is 10.6 Å². The molecule has 21 heavy (non-hydrogen) atoms. The van der Waals surface area contributed by atoms with Gasteiger partial charge in [-0.3, -0.25) is 0 Å². The van der Waals surface area contributed by atoms with Crippen molar-refractivity contribution in [2.45, 2.75) is 0 Å². The molecule has 0 fully saturated rings. The SMILES string of the molecule is S=C(Nc1cc(Cl)ccc1Cl)Nc1cc(Cl)c(Cl)cc1Cl. The summed E-state index contributed by atoms with van der Waals surface area (Å²) in [6.45, 7) is 0. The van der Waals surface area contributed by atoms with E-state index in [0.29, 0.717) is 41.6 Å². The number of rotatable bonds is 2. The van der Waals surface area contributed by atoms with Gasteiger partial charge >= 0.3 is 0 Å². The van der Waals surface area contributed by atoms with Gasteiger partial charge in [0.2, 0.25) is 0 Å². The first-order valence-corrected chi connectivity index (χ1v) is 7.84. The fourth-order valence-corrected chi connectivity index (χ4v) is 2.64. The first-order valence-electron chi connectivity index (χ1n) is 5.54. The number of thiocarbonyl (C=S) groups is 1. The molecule has 2 rings (SSSR count). The smallest absolute Gasteiger partial charge is 0.175 e. The summed E-state index contributed by atoms with van der Waals surface area (Å²) >= 11 is 35.0. The van der Waals surface area contributed by atoms with E-state index in [9.17, 15) is 0 Å². The van der Waals surface area contributed by atoms with E-state index in [1.54, 1.807) is 24.3 Å². The van der Waals surface area contributed by atoms with Crippen molar-refractivity contribution >= 4 is 86.7 Å². The zero-order valence-corrected chi connectivity index (χ0v) is 14.8. The standard InChI is InChI=1S/C13H7Cl5N2S/c14-6-1-2-7(15)11(3-6)19-13(21)20-12-5-9(17)8(16)4-10(12)18/h1-5H,(H2,19,20,21). The summed E-state index contributed by atoms with van der Waals surface area (Å²) < 4.78 is 0. The molecule has 2 aromatic rings. The Morgan fingerprint density at radius 2 is 1.29 bits per heavy atom. The van der Waals surface area contributed by atoms with Gasteiger partial charge in [-0.2, -0.15) is 0 Å². The minimum atomic E-state index is 0.291. The van der Waals surface area contributed by atoms with Crippen LogP contribution < -0.4 is 10.6 Å². The number of hydrogen-bond donors (Lipinski definition) is 2. The Kier molecular flexibility index (Phi) is 5.83. The topological polar surface area (TPSA) is 24.1 Å². The Hall–Kier alpha value is -0.420. The molecule has 0 spiro atoms. The lowest BCUT2D eigenvalue weighted by Crippen LogP contribution is -2.19. The van der Waals surface area contributed by atoms with Gasteiger partial charge in [-0.15, -0.1) is 0 Å². The molecule has 0 bridgehead atoms. The molecule has 0 aliphatic heterocycles. The predicted octanol–water partition coefficient (Wildman–Crippen LogP) is 6.76. The van der Waals surface area contributed by atoms with Crippen molar-refractivity contribution in [3.63, 3.8) is 0 Å². The molecule has 0 aliphatic rings. The quantitative estimate of drug-likeness (QED) is 0.430. The van der Waals surface area contributed by atoms with Gasteiger partial charge in [0.25, 0.3) is 0 Å². The van der Waals surface area contributed by atoms with Crippen LogP contribution in [0.2, 0.25) is 25.1 Å². The van der Waals surface area contributed by atoms with Crippen LogP contribution in [-0.2, 0) is 0 Å². The Morgan fingerprint density at radius 3 is 1.95 bits per heavy atom. The van der Waals surface area contributed by atoms with Crippen LogP contribution >= 0.6 is 70.2 Å². The number of halogens is 5. The minimum Gasteiger partial charge on any atom is -0.331 e. The van der Waals surface area contributed by atoms with E-state index >= 15 is 0 Å². The van der Waals surface area contributed by atoms with Crippen LogP contribution in [0.3, 0.4) is 0 Å². The number of nitrogens with one attached hydrogen (secondary N) is 2. The molecule has 0 amide bonds. The van der Waals surface area contributed by atoms with Gasteiger partial charge in [0.1, 0.15) is 0 Å². The fourth-order valence-electron chi connectivity index (χ4n) is 1.49. The van der Waals surface area contributed by atoms with Crippen molar-refractivity contribution in [3.8, 4) is 0 Å². The maximum atomic E-state index is 6.06. The maximum Gasteiger partial charge on any atom is 0.175 e. The summed E-state index contributed by atoms with van der Waals surface area (Å²) in [6, 6.07) is 8.12. The lowest BCUT2D eigenvalue weighted by Gasteiger charge is -2.13. The van der Waals surface area contributed by atoms with Crippen molar-refractivity contribution in [1.82, 2.24) is 0 Å². The van der Waals surface area contributed by atoms with E-state index in [4.69, 9.17) is 70.2 Å². The Morgan fingerprint density at radius 1 is 0.714 bits per heavy atom. The molecular formula is C13H7Cl5N2S. The van der Waals surface area contributed by atoms with E-state index < -0.39 is 0 Å². The van der Waals surface area contributed by atoms with E-state index in [1.807, 2.05) is 0 Å². The third kappa shape index (κ3) is 4.52. The molecule has 8 heteroatoms. The van der Waals surface area contributed by atoms with Crippen molar-refractivity contribution in [1.29, 1.82) is 0 Å². The second kappa shape index (κ2) is 7.23. The maximum absolute atomic E-state index is 6.06. The van der Waals surface area contributed by atoms with Crippen molar-refractivity contribution in [2.75, 3.05) is 10.6 Å². The molecule has 0 aromatic heterocycles. The van der Waals surface area contributed by atoms with Gasteiger partial charge in [0, 0.05) is 5.02 Å². The number of benzene rings is 2. The molecule has 0 saturated carbocycles. The molecule has 2 aromatic carbocycles. The Labute approximate surface area is 152 Å². The Bertz CT molecular complexity index is 705. The number of anilines is 2. The second-order valence-electron chi connectivity index (χ2n) is 3.95. The molecule has 0 atom stereocenters. The Balaban J connectivity index is 2.15. The first-order chi connectivity index (χ1) is 9.86. The largest absolute Gasteiger partial charge is 0.331 e. The number of hydrogen-bond acceptors (Lipinski definition) is 1. The molecule has 2 nitrogen and oxygen atoms in total. The van der Waals surface area contributed by atoms with Crippen molar-refractivity contribution in [2.24, 2.45) is 0 Å². The highest BCUT2D eigenvalue weighted by molar-refractivity contribution is 7.80. The molecule has 2 N–H and O–H groups in total. The molecule has 0 radical (unpaired) electrons. The van der Waals surface area contributed by atoms with Gasteiger partial charge in [0.15, 0.2) is 5.11 Å². The summed E-state index contributed by atoms with van der Waals surface area (Å²) in [4.78, 5) is 0. The van der Waals surface area contributed by atoms with Crippen LogP contribution in [0.4, 0.5) is 11.4 Å². The van der Waals surface area contributed by atoms with Crippen LogP contribution in [0.15, 0.2) is 30.3 Å². The average molecular weight is 401 g/mol. The summed E-state index contributed by atoms with van der Waals surface area (Å²) in [5.74, 6) is 0. The lowest BCUT2D eigenvalue weighted by molar-refractivity contribution is 1.59. The van der Waals surface area contributed by atoms with Crippen molar-refractivity contribution in [3.05, 3.63) is 55.4 Å². The zero-order valence-electron chi connectivity index (χ0n) is 10.2. The molecule has 0 heterocycles. The average Bonchev–Trinajstić information content (AvgIpc) is 2.40. The normalized spacial score (nSPS) is 10.3. The highest BCUT2D eigenvalue weighted by Gasteiger charge is 2.09. The lowest BCUT2D eigenvalue weighted by atomic mass is 10.3. The van der Waals surface area contributed by atoms with Gasteiger partial charge in [-0.1, -0.05) is 58.0 Å². The van der Waals surface area contributed by atoms with Crippen molar-refractivity contribution < 1.29 is 0 Å². The fraction of sp³-hybridized carbons (Fsp3) is 0. The van der Waals surface area contributed by atoms with Crippen LogP contribution in [0.5, 0.6) is 0 Å². The summed E-state index contributed by atoms with van der Waals surface area (Å²) in [5, 5.41) is 8.29. The van der Waals surface area contributed by atoms with Crippen LogP contribution in [0, 0.1) is 0 Å². The molecule has 0 aliphatic carbocycles. The van der Waals surface area contributed by atoms with Crippen LogP contribution in [0.1, 0.15) is 0 Å². The molecule has 0 unspecified atom stereocenters. The van der Waals surface area contributed by atoms with Crippen LogP contribution in [0.25, 0.3) is 0 Å². The highest BCUT2D eigenvalue weighted by atomic mass is 35.5. The second-order valence-corrected chi connectivity index (χ2v) is 6.42. The third-order valence-electron chi connectivity index (χ3n) is 2.43. The van der Waals surface area contributed by atoms with Gasteiger partial charge < -0.3 is 10.6 Å². The molecule has 110 valence electrons. The van der Waals surface area contributed by atoms with E-state index in [0.717, 1.165) is 0 Å². The molecular weight excluding hydrogens is 393 g/mol.